The van der Waals surface area contributed by atoms with Gasteiger partial charge in [-0.05, 0) is 51.2 Å². The minimum atomic E-state index is 0.709. The zero-order valence-electron chi connectivity index (χ0n) is 16.2. The van der Waals surface area contributed by atoms with E-state index in [9.17, 15) is 0 Å². The molecule has 0 atom stereocenters. The molecule has 0 unspecified atom stereocenters. The number of thiocarbonyl (C=S) groups is 1. The molecule has 1 saturated heterocycles. The van der Waals surface area contributed by atoms with Crippen molar-refractivity contribution in [3.8, 4) is 0 Å². The molecule has 0 amide bonds. The van der Waals surface area contributed by atoms with E-state index in [1.165, 1.54) is 30.5 Å². The number of hydrogen-bond acceptors (Lipinski definition) is 3. The number of likely N-dealkylation sites (tertiary alicyclic amines) is 1. The Morgan fingerprint density at radius 3 is 2.68 bits per heavy atom. The lowest BCUT2D eigenvalue weighted by molar-refractivity contribution is 0.290. The molecule has 0 saturated carbocycles. The molecular weight excluding hydrogens is 326 g/mol. The van der Waals surface area contributed by atoms with Crippen LogP contribution in [0.25, 0.3) is 0 Å². The summed E-state index contributed by atoms with van der Waals surface area (Å²) in [5, 5.41) is 3.48. The summed E-state index contributed by atoms with van der Waals surface area (Å²) in [6, 6.07) is 0. The first-order valence-corrected chi connectivity index (χ1v) is 9.88. The van der Waals surface area contributed by atoms with Gasteiger partial charge >= 0.3 is 0 Å². The molecule has 4 heteroatoms. The molecule has 2 rings (SSSR count). The fourth-order valence-corrected chi connectivity index (χ4v) is 3.07. The molecule has 0 aromatic carbocycles. The van der Waals surface area contributed by atoms with Crippen molar-refractivity contribution in [2.45, 2.75) is 59.8 Å². The molecule has 0 radical (unpaired) electrons. The monoisotopic (exact) mass is 359 g/mol. The molecule has 1 heterocycles. The van der Waals surface area contributed by atoms with Crippen LogP contribution in [0.2, 0.25) is 0 Å². The molecule has 1 aliphatic carbocycles. The lowest BCUT2D eigenvalue weighted by Gasteiger charge is -2.32. The van der Waals surface area contributed by atoms with Gasteiger partial charge in [0, 0.05) is 31.9 Å². The quantitative estimate of drug-likeness (QED) is 0.517. The smallest absolute Gasteiger partial charge is 0.0836 e. The van der Waals surface area contributed by atoms with Crippen molar-refractivity contribution in [1.82, 2.24) is 10.2 Å². The van der Waals surface area contributed by atoms with Gasteiger partial charge in [0.15, 0.2) is 0 Å². The second-order valence-electron chi connectivity index (χ2n) is 5.88. The van der Waals surface area contributed by atoms with Crippen molar-refractivity contribution >= 4 is 23.4 Å². The summed E-state index contributed by atoms with van der Waals surface area (Å²) in [6.07, 6.45) is 17.9. The second kappa shape index (κ2) is 12.6. The van der Waals surface area contributed by atoms with Gasteiger partial charge in [-0.3, -0.25) is 4.99 Å². The van der Waals surface area contributed by atoms with Crippen LogP contribution in [0.1, 0.15) is 59.8 Å². The number of aliphatic imine (C=N–C) groups is 1. The van der Waals surface area contributed by atoms with Gasteiger partial charge in [-0.2, -0.15) is 0 Å². The van der Waals surface area contributed by atoms with Crippen molar-refractivity contribution in [2.24, 2.45) is 4.99 Å². The summed E-state index contributed by atoms with van der Waals surface area (Å²) in [5.74, 6) is 0. The second-order valence-corrected chi connectivity index (χ2v) is 6.37. The van der Waals surface area contributed by atoms with Gasteiger partial charge in [0.05, 0.1) is 16.4 Å². The predicted octanol–water partition coefficient (Wildman–Crippen LogP) is 5.53. The van der Waals surface area contributed by atoms with E-state index in [0.717, 1.165) is 30.2 Å². The van der Waals surface area contributed by atoms with Gasteiger partial charge in [0.2, 0.25) is 0 Å². The van der Waals surface area contributed by atoms with Crippen molar-refractivity contribution in [2.75, 3.05) is 13.1 Å². The van der Waals surface area contributed by atoms with Crippen LogP contribution in [0.3, 0.4) is 0 Å². The molecule has 0 aromatic rings. The van der Waals surface area contributed by atoms with Gasteiger partial charge < -0.3 is 10.2 Å². The fourth-order valence-electron chi connectivity index (χ4n) is 2.87. The largest absolute Gasteiger partial charge is 0.370 e. The molecule has 2 aliphatic rings. The SMILES string of the molecule is CC.CC=N/C=C\CC(=S)NC1=C(N2CCCCC2)C=CCC=C1C. The molecule has 1 fully saturated rings. The van der Waals surface area contributed by atoms with Gasteiger partial charge in [0.25, 0.3) is 0 Å². The summed E-state index contributed by atoms with van der Waals surface area (Å²) in [6.45, 7) is 10.3. The van der Waals surface area contributed by atoms with Crippen LogP contribution in [0.5, 0.6) is 0 Å². The maximum atomic E-state index is 5.52. The molecule has 138 valence electrons. The number of piperidine rings is 1. The summed E-state index contributed by atoms with van der Waals surface area (Å²) < 4.78 is 0. The van der Waals surface area contributed by atoms with E-state index in [1.807, 2.05) is 26.8 Å². The van der Waals surface area contributed by atoms with E-state index in [-0.39, 0.29) is 0 Å². The lowest BCUT2D eigenvalue weighted by Crippen LogP contribution is -2.33. The van der Waals surface area contributed by atoms with Crippen molar-refractivity contribution in [3.63, 3.8) is 0 Å². The van der Waals surface area contributed by atoms with Gasteiger partial charge in [-0.15, -0.1) is 0 Å². The van der Waals surface area contributed by atoms with Crippen LogP contribution in [-0.2, 0) is 0 Å². The van der Waals surface area contributed by atoms with Crippen molar-refractivity contribution in [1.29, 1.82) is 0 Å². The number of allylic oxidation sites excluding steroid dienone is 4. The number of nitrogens with zero attached hydrogens (tertiary/aromatic N) is 2. The highest BCUT2D eigenvalue weighted by atomic mass is 32.1. The maximum Gasteiger partial charge on any atom is 0.0836 e. The molecule has 3 nitrogen and oxygen atoms in total. The maximum absolute atomic E-state index is 5.52. The first kappa shape index (κ1) is 21.4. The van der Waals surface area contributed by atoms with E-state index >= 15 is 0 Å². The Balaban J connectivity index is 0.00000151. The van der Waals surface area contributed by atoms with Crippen LogP contribution >= 0.6 is 12.2 Å². The number of nitrogens with one attached hydrogen (secondary N) is 1. The van der Waals surface area contributed by atoms with Gasteiger partial charge in [0.1, 0.15) is 0 Å². The summed E-state index contributed by atoms with van der Waals surface area (Å²) in [5.41, 5.74) is 3.72. The van der Waals surface area contributed by atoms with E-state index in [2.05, 4.69) is 40.4 Å². The molecule has 0 spiro atoms. The molecule has 0 bridgehead atoms. The third-order valence-corrected chi connectivity index (χ3v) is 4.36. The minimum absolute atomic E-state index is 0.709. The molecule has 25 heavy (non-hydrogen) atoms. The lowest BCUT2D eigenvalue weighted by atomic mass is 10.1. The molecule has 1 N–H and O–H groups in total. The summed E-state index contributed by atoms with van der Waals surface area (Å²) >= 11 is 5.52. The van der Waals surface area contributed by atoms with Crippen LogP contribution in [0.15, 0.2) is 52.5 Å². The highest BCUT2D eigenvalue weighted by molar-refractivity contribution is 7.80. The highest BCUT2D eigenvalue weighted by Gasteiger charge is 2.18. The minimum Gasteiger partial charge on any atom is -0.370 e. The Hall–Kier alpha value is -1.68. The molecule has 0 aromatic heterocycles. The Morgan fingerprint density at radius 1 is 1.28 bits per heavy atom. The third-order valence-electron chi connectivity index (χ3n) is 4.09. The average Bonchev–Trinajstić information content (AvgIpc) is 2.83. The molecule has 1 aliphatic heterocycles. The normalized spacial score (nSPS) is 18.1. The van der Waals surface area contributed by atoms with E-state index in [4.69, 9.17) is 12.2 Å². The van der Waals surface area contributed by atoms with Crippen molar-refractivity contribution < 1.29 is 0 Å². The topological polar surface area (TPSA) is 27.6 Å². The van der Waals surface area contributed by atoms with Gasteiger partial charge in [-0.25, -0.2) is 0 Å². The Labute approximate surface area is 159 Å². The Kier molecular flexibility index (Phi) is 10.8. The van der Waals surface area contributed by atoms with E-state index < -0.39 is 0 Å². The van der Waals surface area contributed by atoms with Crippen LogP contribution in [-0.4, -0.2) is 29.2 Å². The van der Waals surface area contributed by atoms with Crippen LogP contribution < -0.4 is 5.32 Å². The fraction of sp³-hybridized carbons (Fsp3) is 0.524. The Bertz CT molecular complexity index is 562. The summed E-state index contributed by atoms with van der Waals surface area (Å²) in [7, 11) is 0. The Morgan fingerprint density at radius 2 is 2.00 bits per heavy atom. The van der Waals surface area contributed by atoms with E-state index in [0.29, 0.717) is 6.42 Å². The van der Waals surface area contributed by atoms with Crippen molar-refractivity contribution in [3.05, 3.63) is 47.5 Å². The first-order chi connectivity index (χ1) is 12.2. The van der Waals surface area contributed by atoms with E-state index in [1.54, 1.807) is 12.4 Å². The standard InChI is InChI=1S/C19H27N3S.C2H6/c1-3-20-13-9-12-18(23)21-19-16(2)10-5-6-11-17(19)22-14-7-4-8-15-22;1-2/h3,6,9-11,13H,4-5,7-8,12,14-15H2,1-2H3,(H,21,23);1-2H3/b13-9-,20-3?;. The summed E-state index contributed by atoms with van der Waals surface area (Å²) in [4.78, 5) is 7.40. The number of hydrogen-bond donors (Lipinski definition) is 1. The van der Waals surface area contributed by atoms with Crippen LogP contribution in [0.4, 0.5) is 0 Å². The molecular formula is C21H33N3S. The zero-order chi connectivity index (χ0) is 18.5. The predicted molar refractivity (Wildman–Crippen MR) is 115 cm³/mol. The number of rotatable bonds is 5. The van der Waals surface area contributed by atoms with Gasteiger partial charge in [-0.1, -0.05) is 44.3 Å². The highest BCUT2D eigenvalue weighted by Crippen LogP contribution is 2.24. The zero-order valence-corrected chi connectivity index (χ0v) is 17.0. The van der Waals surface area contributed by atoms with Crippen LogP contribution in [0, 0.1) is 0 Å². The third kappa shape index (κ3) is 7.39. The first-order valence-electron chi connectivity index (χ1n) is 9.48. The average molecular weight is 360 g/mol.